The van der Waals surface area contributed by atoms with E-state index in [1.165, 1.54) is 23.5 Å². The molecule has 0 aliphatic heterocycles. The first kappa shape index (κ1) is 19.8. The molecule has 0 aliphatic rings. The lowest BCUT2D eigenvalue weighted by Gasteiger charge is -2.08. The summed E-state index contributed by atoms with van der Waals surface area (Å²) < 4.78 is 13.0. The molecule has 8 heteroatoms. The number of nitrogens with zero attached hydrogens (tertiary/aromatic N) is 2. The standard InChI is InChI=1S/C21H16FN3OS3/c22-15-7-5-14(6-8-15)9-17-10-23-21(29-17)25-20(26)18-3-1-2-4-19(18)28-12-16-11-27-13-24-16/h1-8,10-11,13H,9,12H2,(H,23,25,26). The van der Waals surface area contributed by atoms with E-state index in [1.54, 1.807) is 46.9 Å². The highest BCUT2D eigenvalue weighted by Crippen LogP contribution is 2.28. The first-order valence-electron chi connectivity index (χ1n) is 8.77. The number of halogens is 1. The maximum atomic E-state index is 13.0. The Morgan fingerprint density at radius 3 is 2.72 bits per heavy atom. The average Bonchev–Trinajstić information content (AvgIpc) is 3.40. The number of hydrogen-bond donors (Lipinski definition) is 1. The molecule has 2 heterocycles. The van der Waals surface area contributed by atoms with Gasteiger partial charge in [-0.25, -0.2) is 14.4 Å². The van der Waals surface area contributed by atoms with Crippen molar-refractivity contribution in [1.29, 1.82) is 0 Å². The fraction of sp³-hybridized carbons (Fsp3) is 0.0952. The highest BCUT2D eigenvalue weighted by atomic mass is 32.2. The molecule has 0 unspecified atom stereocenters. The summed E-state index contributed by atoms with van der Waals surface area (Å²) in [7, 11) is 0. The second-order valence-electron chi connectivity index (χ2n) is 6.15. The van der Waals surface area contributed by atoms with Crippen LogP contribution in [0.3, 0.4) is 0 Å². The normalized spacial score (nSPS) is 10.8. The Labute approximate surface area is 179 Å². The molecule has 0 fully saturated rings. The third-order valence-electron chi connectivity index (χ3n) is 4.06. The molecule has 0 bridgehead atoms. The Morgan fingerprint density at radius 1 is 1.10 bits per heavy atom. The highest BCUT2D eigenvalue weighted by molar-refractivity contribution is 7.98. The summed E-state index contributed by atoms with van der Waals surface area (Å²) >= 11 is 4.57. The van der Waals surface area contributed by atoms with Crippen molar-refractivity contribution in [2.75, 3.05) is 5.32 Å². The molecule has 0 spiro atoms. The molecule has 0 saturated carbocycles. The van der Waals surface area contributed by atoms with E-state index in [1.807, 2.05) is 29.6 Å². The van der Waals surface area contributed by atoms with Gasteiger partial charge in [-0.2, -0.15) is 0 Å². The zero-order chi connectivity index (χ0) is 20.1. The SMILES string of the molecule is O=C(Nc1ncc(Cc2ccc(F)cc2)s1)c1ccccc1SCc1cscn1. The van der Waals surface area contributed by atoms with Crippen LogP contribution in [0.1, 0.15) is 26.5 Å². The summed E-state index contributed by atoms with van der Waals surface area (Å²) in [5.41, 5.74) is 4.42. The number of carbonyl (C=O) groups is 1. The van der Waals surface area contributed by atoms with Crippen LogP contribution in [-0.4, -0.2) is 15.9 Å². The van der Waals surface area contributed by atoms with Crippen LogP contribution in [0.15, 0.2) is 70.5 Å². The summed E-state index contributed by atoms with van der Waals surface area (Å²) in [6.45, 7) is 0. The molecule has 4 rings (SSSR count). The number of thioether (sulfide) groups is 1. The number of thiazole rings is 2. The lowest BCUT2D eigenvalue weighted by Crippen LogP contribution is -2.12. The van der Waals surface area contributed by atoms with E-state index in [0.717, 1.165) is 21.0 Å². The molecule has 2 aromatic heterocycles. The lowest BCUT2D eigenvalue weighted by atomic mass is 10.1. The third-order valence-corrected chi connectivity index (χ3v) is 6.71. The van der Waals surface area contributed by atoms with Gasteiger partial charge in [0.1, 0.15) is 5.82 Å². The van der Waals surface area contributed by atoms with Crippen LogP contribution >= 0.6 is 34.4 Å². The van der Waals surface area contributed by atoms with Gasteiger partial charge in [0, 0.05) is 33.5 Å². The zero-order valence-corrected chi connectivity index (χ0v) is 17.6. The predicted molar refractivity (Wildman–Crippen MR) is 117 cm³/mol. The molecule has 29 heavy (non-hydrogen) atoms. The largest absolute Gasteiger partial charge is 0.298 e. The summed E-state index contributed by atoms with van der Waals surface area (Å²) in [6, 6.07) is 13.9. The number of benzene rings is 2. The van der Waals surface area contributed by atoms with Gasteiger partial charge in [0.2, 0.25) is 0 Å². The predicted octanol–water partition coefficient (Wildman–Crippen LogP) is 5.87. The molecule has 1 N–H and O–H groups in total. The molecule has 0 atom stereocenters. The maximum absolute atomic E-state index is 13.0. The molecule has 0 radical (unpaired) electrons. The summed E-state index contributed by atoms with van der Waals surface area (Å²) in [5.74, 6) is 0.277. The van der Waals surface area contributed by atoms with Crippen molar-refractivity contribution in [3.8, 4) is 0 Å². The first-order chi connectivity index (χ1) is 14.2. The van der Waals surface area contributed by atoms with Gasteiger partial charge in [-0.3, -0.25) is 10.1 Å². The van der Waals surface area contributed by atoms with Gasteiger partial charge in [0.25, 0.3) is 5.91 Å². The number of amides is 1. The van der Waals surface area contributed by atoms with Crippen molar-refractivity contribution < 1.29 is 9.18 Å². The van der Waals surface area contributed by atoms with E-state index in [2.05, 4.69) is 15.3 Å². The highest BCUT2D eigenvalue weighted by Gasteiger charge is 2.14. The number of anilines is 1. The third kappa shape index (κ3) is 5.29. The monoisotopic (exact) mass is 441 g/mol. The van der Waals surface area contributed by atoms with Crippen molar-refractivity contribution in [3.05, 3.63) is 93.1 Å². The van der Waals surface area contributed by atoms with Crippen molar-refractivity contribution in [2.24, 2.45) is 0 Å². The Hall–Kier alpha value is -2.55. The molecular formula is C21H16FN3OS3. The van der Waals surface area contributed by atoms with E-state index < -0.39 is 0 Å². The van der Waals surface area contributed by atoms with Crippen LogP contribution in [0.5, 0.6) is 0 Å². The topological polar surface area (TPSA) is 54.9 Å². The minimum Gasteiger partial charge on any atom is -0.298 e. The fourth-order valence-electron chi connectivity index (χ4n) is 2.66. The number of rotatable bonds is 7. The van der Waals surface area contributed by atoms with Crippen molar-refractivity contribution in [3.63, 3.8) is 0 Å². The van der Waals surface area contributed by atoms with Gasteiger partial charge >= 0.3 is 0 Å². The Bertz CT molecular complexity index is 1090. The minimum atomic E-state index is -0.252. The molecule has 4 nitrogen and oxygen atoms in total. The number of nitrogens with one attached hydrogen (secondary N) is 1. The number of aromatic nitrogens is 2. The van der Waals surface area contributed by atoms with Crippen LogP contribution in [0.4, 0.5) is 9.52 Å². The Balaban J connectivity index is 1.42. The van der Waals surface area contributed by atoms with Crippen LogP contribution in [0.25, 0.3) is 0 Å². The van der Waals surface area contributed by atoms with Gasteiger partial charge < -0.3 is 0 Å². The Kier molecular flexibility index (Phi) is 6.33. The second kappa shape index (κ2) is 9.30. The number of carbonyl (C=O) groups excluding carboxylic acids is 1. The van der Waals surface area contributed by atoms with Crippen molar-refractivity contribution in [2.45, 2.75) is 17.1 Å². The number of hydrogen-bond acceptors (Lipinski definition) is 6. The molecule has 2 aromatic carbocycles. The van der Waals surface area contributed by atoms with E-state index in [4.69, 9.17) is 0 Å². The summed E-state index contributed by atoms with van der Waals surface area (Å²) in [5, 5.41) is 5.44. The maximum Gasteiger partial charge on any atom is 0.258 e. The molecule has 1 amide bonds. The summed E-state index contributed by atoms with van der Waals surface area (Å²) in [6.07, 6.45) is 2.39. The van der Waals surface area contributed by atoms with Crippen molar-refractivity contribution in [1.82, 2.24) is 9.97 Å². The molecule has 146 valence electrons. The van der Waals surface area contributed by atoms with E-state index in [-0.39, 0.29) is 11.7 Å². The lowest BCUT2D eigenvalue weighted by molar-refractivity contribution is 0.102. The van der Waals surface area contributed by atoms with Crippen LogP contribution in [0.2, 0.25) is 0 Å². The quantitative estimate of drug-likeness (QED) is 0.364. The van der Waals surface area contributed by atoms with Gasteiger partial charge in [0.15, 0.2) is 5.13 Å². The summed E-state index contributed by atoms with van der Waals surface area (Å²) in [4.78, 5) is 23.3. The Morgan fingerprint density at radius 2 is 1.93 bits per heavy atom. The fourth-order valence-corrected chi connectivity index (χ4v) is 5.11. The minimum absolute atomic E-state index is 0.186. The molecule has 0 aliphatic carbocycles. The van der Waals surface area contributed by atoms with Gasteiger partial charge in [0.05, 0.1) is 16.8 Å². The molecule has 4 aromatic rings. The van der Waals surface area contributed by atoms with Gasteiger partial charge in [-0.15, -0.1) is 34.4 Å². The molecular weight excluding hydrogens is 425 g/mol. The zero-order valence-electron chi connectivity index (χ0n) is 15.2. The first-order valence-corrected chi connectivity index (χ1v) is 11.5. The van der Waals surface area contributed by atoms with Crippen LogP contribution in [0, 0.1) is 5.82 Å². The average molecular weight is 442 g/mol. The van der Waals surface area contributed by atoms with Gasteiger partial charge in [-0.05, 0) is 29.8 Å². The van der Waals surface area contributed by atoms with Crippen LogP contribution in [-0.2, 0) is 12.2 Å². The van der Waals surface area contributed by atoms with E-state index in [0.29, 0.717) is 22.9 Å². The van der Waals surface area contributed by atoms with Crippen molar-refractivity contribution >= 4 is 45.5 Å². The smallest absolute Gasteiger partial charge is 0.258 e. The second-order valence-corrected chi connectivity index (χ2v) is 9.00. The van der Waals surface area contributed by atoms with E-state index >= 15 is 0 Å². The molecule has 0 saturated heterocycles. The van der Waals surface area contributed by atoms with E-state index in [9.17, 15) is 9.18 Å². The van der Waals surface area contributed by atoms with Gasteiger partial charge in [-0.1, -0.05) is 24.3 Å². The van der Waals surface area contributed by atoms with Crippen LogP contribution < -0.4 is 5.32 Å².